The molecular weight excluding hydrogens is 356 g/mol. The van der Waals surface area contributed by atoms with Crippen molar-refractivity contribution in [3.05, 3.63) is 34.5 Å². The fourth-order valence-corrected chi connectivity index (χ4v) is 3.14. The molecule has 1 aliphatic heterocycles. The number of aryl methyl sites for hydroxylation is 2. The molecule has 0 spiro atoms. The van der Waals surface area contributed by atoms with Crippen LogP contribution in [-0.4, -0.2) is 46.1 Å². The number of anilines is 2. The standard InChI is InChI=1S/C16H21BrN6/c1-11-8-18-12(2)15(21-11)23-6-4-14(5-7-23)22(3)16-19-9-13(17)10-20-16/h8-10,14H,4-7H2,1-3H3. The van der Waals surface area contributed by atoms with Crippen molar-refractivity contribution in [2.24, 2.45) is 0 Å². The maximum Gasteiger partial charge on any atom is 0.225 e. The van der Waals surface area contributed by atoms with Crippen LogP contribution < -0.4 is 9.80 Å². The number of nitrogens with zero attached hydrogens (tertiary/aromatic N) is 6. The van der Waals surface area contributed by atoms with Crippen LogP contribution in [-0.2, 0) is 0 Å². The van der Waals surface area contributed by atoms with Crippen LogP contribution in [0.1, 0.15) is 24.2 Å². The lowest BCUT2D eigenvalue weighted by Crippen LogP contribution is -2.44. The van der Waals surface area contributed by atoms with E-state index in [0.717, 1.165) is 53.6 Å². The quantitative estimate of drug-likeness (QED) is 0.820. The first-order chi connectivity index (χ1) is 11.0. The van der Waals surface area contributed by atoms with Gasteiger partial charge in [-0.2, -0.15) is 0 Å². The second-order valence-corrected chi connectivity index (χ2v) is 6.87. The highest BCUT2D eigenvalue weighted by Crippen LogP contribution is 2.24. The van der Waals surface area contributed by atoms with Crippen LogP contribution in [0.4, 0.5) is 11.8 Å². The Morgan fingerprint density at radius 3 is 2.39 bits per heavy atom. The third kappa shape index (κ3) is 3.60. The van der Waals surface area contributed by atoms with Crippen molar-refractivity contribution in [1.82, 2.24) is 19.9 Å². The molecule has 2 aromatic heterocycles. The second-order valence-electron chi connectivity index (χ2n) is 5.95. The summed E-state index contributed by atoms with van der Waals surface area (Å²) in [6, 6.07) is 0.450. The van der Waals surface area contributed by atoms with Crippen molar-refractivity contribution in [2.45, 2.75) is 32.7 Å². The van der Waals surface area contributed by atoms with Crippen LogP contribution in [0.15, 0.2) is 23.1 Å². The lowest BCUT2D eigenvalue weighted by atomic mass is 10.0. The highest BCUT2D eigenvalue weighted by molar-refractivity contribution is 9.10. The summed E-state index contributed by atoms with van der Waals surface area (Å²) in [5.41, 5.74) is 1.96. The molecule has 23 heavy (non-hydrogen) atoms. The van der Waals surface area contributed by atoms with Crippen molar-refractivity contribution in [1.29, 1.82) is 0 Å². The molecule has 2 aromatic rings. The van der Waals surface area contributed by atoms with E-state index in [4.69, 9.17) is 0 Å². The van der Waals surface area contributed by atoms with Crippen molar-refractivity contribution < 1.29 is 0 Å². The van der Waals surface area contributed by atoms with Crippen molar-refractivity contribution in [2.75, 3.05) is 29.9 Å². The minimum absolute atomic E-state index is 0.450. The Labute approximate surface area is 145 Å². The SMILES string of the molecule is Cc1cnc(C)c(N2CCC(N(C)c3ncc(Br)cn3)CC2)n1. The molecule has 122 valence electrons. The fourth-order valence-electron chi connectivity index (χ4n) is 2.94. The van der Waals surface area contributed by atoms with Gasteiger partial charge in [-0.25, -0.2) is 15.0 Å². The molecule has 0 aromatic carbocycles. The maximum absolute atomic E-state index is 4.65. The van der Waals surface area contributed by atoms with Gasteiger partial charge in [0.05, 0.1) is 15.9 Å². The topological polar surface area (TPSA) is 58.0 Å². The zero-order valence-electron chi connectivity index (χ0n) is 13.7. The fraction of sp³-hybridized carbons (Fsp3) is 0.500. The van der Waals surface area contributed by atoms with E-state index in [1.54, 1.807) is 12.4 Å². The van der Waals surface area contributed by atoms with Gasteiger partial charge >= 0.3 is 0 Å². The Morgan fingerprint density at radius 1 is 1.09 bits per heavy atom. The molecule has 0 atom stereocenters. The highest BCUT2D eigenvalue weighted by Gasteiger charge is 2.25. The van der Waals surface area contributed by atoms with Gasteiger partial charge < -0.3 is 9.80 Å². The average molecular weight is 377 g/mol. The van der Waals surface area contributed by atoms with Crippen LogP contribution in [0.25, 0.3) is 0 Å². The lowest BCUT2D eigenvalue weighted by molar-refractivity contribution is 0.474. The zero-order valence-corrected chi connectivity index (χ0v) is 15.3. The van der Waals surface area contributed by atoms with Gasteiger partial charge in [-0.05, 0) is 42.6 Å². The van der Waals surface area contributed by atoms with Gasteiger partial charge in [-0.15, -0.1) is 0 Å². The molecule has 6 nitrogen and oxygen atoms in total. The summed E-state index contributed by atoms with van der Waals surface area (Å²) in [6.07, 6.45) is 7.53. The third-order valence-corrected chi connectivity index (χ3v) is 4.69. The van der Waals surface area contributed by atoms with E-state index >= 15 is 0 Å². The normalized spacial score (nSPS) is 15.7. The first kappa shape index (κ1) is 16.1. The second kappa shape index (κ2) is 6.78. The summed E-state index contributed by atoms with van der Waals surface area (Å²) in [7, 11) is 2.07. The Morgan fingerprint density at radius 2 is 1.74 bits per heavy atom. The Bertz CT molecular complexity index is 667. The molecule has 3 rings (SSSR count). The first-order valence-corrected chi connectivity index (χ1v) is 8.59. The summed E-state index contributed by atoms with van der Waals surface area (Å²) in [5.74, 6) is 1.80. The van der Waals surface area contributed by atoms with Crippen LogP contribution >= 0.6 is 15.9 Å². The smallest absolute Gasteiger partial charge is 0.225 e. The maximum atomic E-state index is 4.65. The van der Waals surface area contributed by atoms with E-state index in [-0.39, 0.29) is 0 Å². The summed E-state index contributed by atoms with van der Waals surface area (Å²) < 4.78 is 0.901. The monoisotopic (exact) mass is 376 g/mol. The van der Waals surface area contributed by atoms with Gasteiger partial charge in [0.2, 0.25) is 5.95 Å². The number of rotatable bonds is 3. The Balaban J connectivity index is 1.66. The summed E-state index contributed by atoms with van der Waals surface area (Å²) in [6.45, 7) is 5.96. The van der Waals surface area contributed by atoms with Gasteiger partial charge in [0.25, 0.3) is 0 Å². The number of piperidine rings is 1. The summed E-state index contributed by atoms with van der Waals surface area (Å²) in [4.78, 5) is 22.4. The largest absolute Gasteiger partial charge is 0.355 e. The highest BCUT2D eigenvalue weighted by atomic mass is 79.9. The first-order valence-electron chi connectivity index (χ1n) is 7.80. The molecule has 1 saturated heterocycles. The molecule has 7 heteroatoms. The molecule has 0 bridgehead atoms. The molecule has 0 saturated carbocycles. The number of hydrogen-bond acceptors (Lipinski definition) is 6. The van der Waals surface area contributed by atoms with E-state index in [2.05, 4.69) is 52.7 Å². The molecule has 0 radical (unpaired) electrons. The van der Waals surface area contributed by atoms with E-state index in [9.17, 15) is 0 Å². The van der Waals surface area contributed by atoms with E-state index in [1.165, 1.54) is 0 Å². The minimum atomic E-state index is 0.450. The summed E-state index contributed by atoms with van der Waals surface area (Å²) in [5, 5.41) is 0. The number of aromatic nitrogens is 4. The minimum Gasteiger partial charge on any atom is -0.355 e. The average Bonchev–Trinajstić information content (AvgIpc) is 2.57. The van der Waals surface area contributed by atoms with Crippen LogP contribution in [0.2, 0.25) is 0 Å². The van der Waals surface area contributed by atoms with E-state index in [0.29, 0.717) is 6.04 Å². The van der Waals surface area contributed by atoms with E-state index in [1.807, 2.05) is 20.0 Å². The zero-order chi connectivity index (χ0) is 16.4. The van der Waals surface area contributed by atoms with Gasteiger partial charge in [-0.1, -0.05) is 0 Å². The molecule has 1 aliphatic rings. The van der Waals surface area contributed by atoms with Gasteiger partial charge in [0.1, 0.15) is 5.82 Å². The molecule has 0 amide bonds. The third-order valence-electron chi connectivity index (χ3n) is 4.28. The molecule has 0 unspecified atom stereocenters. The summed E-state index contributed by atoms with van der Waals surface area (Å²) >= 11 is 3.37. The predicted molar refractivity (Wildman–Crippen MR) is 94.9 cm³/mol. The van der Waals surface area contributed by atoms with Crippen LogP contribution in [0.5, 0.6) is 0 Å². The van der Waals surface area contributed by atoms with Crippen LogP contribution in [0, 0.1) is 13.8 Å². The van der Waals surface area contributed by atoms with Crippen LogP contribution in [0.3, 0.4) is 0 Å². The molecule has 3 heterocycles. The van der Waals surface area contributed by atoms with E-state index < -0.39 is 0 Å². The van der Waals surface area contributed by atoms with Crippen molar-refractivity contribution in [3.63, 3.8) is 0 Å². The molecule has 1 fully saturated rings. The van der Waals surface area contributed by atoms with Gasteiger partial charge in [0, 0.05) is 44.8 Å². The van der Waals surface area contributed by atoms with Crippen molar-refractivity contribution in [3.8, 4) is 0 Å². The van der Waals surface area contributed by atoms with Gasteiger partial charge in [0.15, 0.2) is 0 Å². The predicted octanol–water partition coefficient (Wildman–Crippen LogP) is 2.75. The Kier molecular flexibility index (Phi) is 4.75. The lowest BCUT2D eigenvalue weighted by Gasteiger charge is -2.37. The number of halogens is 1. The molecule has 0 N–H and O–H groups in total. The molecular formula is C16H21BrN6. The number of hydrogen-bond donors (Lipinski definition) is 0. The van der Waals surface area contributed by atoms with Crippen molar-refractivity contribution >= 4 is 27.7 Å². The van der Waals surface area contributed by atoms with Gasteiger partial charge in [-0.3, -0.25) is 4.98 Å². The molecule has 0 aliphatic carbocycles. The Hall–Kier alpha value is -1.76.